The molecule has 0 heterocycles. The van der Waals surface area contributed by atoms with Gasteiger partial charge in [-0.2, -0.15) is 0 Å². The summed E-state index contributed by atoms with van der Waals surface area (Å²) in [5, 5.41) is 0.833. The summed E-state index contributed by atoms with van der Waals surface area (Å²) < 4.78 is 0. The van der Waals surface area contributed by atoms with Crippen LogP contribution in [-0.2, 0) is 5.41 Å². The van der Waals surface area contributed by atoms with Crippen LogP contribution in [0.1, 0.15) is 58.9 Å². The van der Waals surface area contributed by atoms with Crippen molar-refractivity contribution in [3.63, 3.8) is 0 Å². The molecule has 0 spiro atoms. The molecule has 0 bridgehead atoms. The molecule has 0 saturated carbocycles. The van der Waals surface area contributed by atoms with Crippen molar-refractivity contribution in [1.82, 2.24) is 0 Å². The normalized spacial score (nSPS) is 12.1. The molecule has 0 saturated heterocycles. The Morgan fingerprint density at radius 2 is 1.41 bits per heavy atom. The second-order valence-electron chi connectivity index (χ2n) is 4.88. The second kappa shape index (κ2) is 6.44. The Balaban J connectivity index is 3.18. The summed E-state index contributed by atoms with van der Waals surface area (Å²) in [5.74, 6) is 0.763. The third kappa shape index (κ3) is 2.85. The van der Waals surface area contributed by atoms with Crippen LogP contribution in [0.4, 0.5) is 0 Å². The van der Waals surface area contributed by atoms with E-state index >= 15 is 0 Å². The number of benzene rings is 1. The maximum atomic E-state index is 6.00. The van der Waals surface area contributed by atoms with E-state index in [4.69, 9.17) is 11.6 Å². The van der Waals surface area contributed by atoms with Crippen LogP contribution in [0.5, 0.6) is 0 Å². The molecule has 0 aliphatic heterocycles. The van der Waals surface area contributed by atoms with Crippen molar-refractivity contribution in [2.45, 2.75) is 58.8 Å². The zero-order valence-electron chi connectivity index (χ0n) is 11.6. The molecule has 1 aromatic carbocycles. The molecule has 0 aliphatic rings. The van der Waals surface area contributed by atoms with Crippen LogP contribution in [0.15, 0.2) is 24.3 Å². The average molecular weight is 253 g/mol. The van der Waals surface area contributed by atoms with Crippen molar-refractivity contribution in [2.24, 2.45) is 5.92 Å². The van der Waals surface area contributed by atoms with Gasteiger partial charge in [0.2, 0.25) is 0 Å². The molecule has 1 rings (SSSR count). The predicted molar refractivity (Wildman–Crippen MR) is 77.8 cm³/mol. The summed E-state index contributed by atoms with van der Waals surface area (Å²) >= 11 is 6.00. The van der Waals surface area contributed by atoms with Crippen molar-refractivity contribution in [1.29, 1.82) is 0 Å². The van der Waals surface area contributed by atoms with Crippen molar-refractivity contribution in [2.75, 3.05) is 0 Å². The molecule has 0 fully saturated rings. The van der Waals surface area contributed by atoms with Gasteiger partial charge in [-0.25, -0.2) is 0 Å². The molecule has 17 heavy (non-hydrogen) atoms. The van der Waals surface area contributed by atoms with Gasteiger partial charge < -0.3 is 0 Å². The van der Waals surface area contributed by atoms with E-state index in [1.807, 2.05) is 12.1 Å². The summed E-state index contributed by atoms with van der Waals surface area (Å²) in [6, 6.07) is 8.49. The fraction of sp³-hybridized carbons (Fsp3) is 0.625. The molecule has 0 nitrogen and oxygen atoms in total. The number of halogens is 1. The first-order valence-electron chi connectivity index (χ1n) is 6.90. The van der Waals surface area contributed by atoms with Crippen molar-refractivity contribution in [3.8, 4) is 0 Å². The Morgan fingerprint density at radius 3 is 1.76 bits per heavy atom. The van der Waals surface area contributed by atoms with Crippen LogP contribution >= 0.6 is 11.6 Å². The minimum atomic E-state index is 0.327. The quantitative estimate of drug-likeness (QED) is 0.597. The maximum absolute atomic E-state index is 6.00. The second-order valence-corrected chi connectivity index (χ2v) is 5.32. The lowest BCUT2D eigenvalue weighted by molar-refractivity contribution is 0.231. The third-order valence-corrected chi connectivity index (χ3v) is 4.70. The predicted octanol–water partition coefficient (Wildman–Crippen LogP) is 5.83. The molecule has 0 aliphatic carbocycles. The van der Waals surface area contributed by atoms with Gasteiger partial charge in [0, 0.05) is 5.02 Å². The lowest BCUT2D eigenvalue weighted by Gasteiger charge is -2.40. The minimum absolute atomic E-state index is 0.327. The molecule has 0 unspecified atom stereocenters. The molecule has 0 radical (unpaired) electrons. The van der Waals surface area contributed by atoms with E-state index in [0.29, 0.717) is 5.41 Å². The molecule has 0 N–H and O–H groups in total. The van der Waals surface area contributed by atoms with Gasteiger partial charge in [-0.15, -0.1) is 0 Å². The van der Waals surface area contributed by atoms with E-state index in [2.05, 4.69) is 39.8 Å². The molecule has 0 atom stereocenters. The molecule has 96 valence electrons. The van der Waals surface area contributed by atoms with Crippen LogP contribution in [0.3, 0.4) is 0 Å². The highest BCUT2D eigenvalue weighted by Gasteiger charge is 2.34. The monoisotopic (exact) mass is 252 g/mol. The fourth-order valence-corrected chi connectivity index (χ4v) is 3.45. The summed E-state index contributed by atoms with van der Waals surface area (Å²) in [6.07, 6.45) is 4.91. The van der Waals surface area contributed by atoms with Gasteiger partial charge in [0.15, 0.2) is 0 Å². The number of hydrogen-bond acceptors (Lipinski definition) is 0. The van der Waals surface area contributed by atoms with E-state index in [1.54, 1.807) is 0 Å². The zero-order chi connectivity index (χ0) is 12.9. The molecule has 1 heteroatoms. The average Bonchev–Trinajstić information content (AvgIpc) is 2.37. The molecular formula is C16H25Cl. The molecule has 1 aromatic rings. The van der Waals surface area contributed by atoms with Crippen LogP contribution < -0.4 is 0 Å². The smallest absolute Gasteiger partial charge is 0.0406 e. The van der Waals surface area contributed by atoms with Crippen LogP contribution in [0, 0.1) is 5.92 Å². The number of hydrogen-bond donors (Lipinski definition) is 0. The zero-order valence-corrected chi connectivity index (χ0v) is 12.3. The van der Waals surface area contributed by atoms with Gasteiger partial charge in [-0.3, -0.25) is 0 Å². The summed E-state index contributed by atoms with van der Waals surface area (Å²) in [6.45, 7) is 9.25. The lowest BCUT2D eigenvalue weighted by Crippen LogP contribution is -2.33. The van der Waals surface area contributed by atoms with Crippen molar-refractivity contribution in [3.05, 3.63) is 34.9 Å². The Bertz CT molecular complexity index is 318. The van der Waals surface area contributed by atoms with Gasteiger partial charge >= 0.3 is 0 Å². The van der Waals surface area contributed by atoms with E-state index in [9.17, 15) is 0 Å². The highest BCUT2D eigenvalue weighted by molar-refractivity contribution is 6.30. The highest BCUT2D eigenvalue weighted by atomic mass is 35.5. The number of rotatable bonds is 6. The van der Waals surface area contributed by atoms with Crippen LogP contribution in [0.2, 0.25) is 5.02 Å². The molecular weight excluding hydrogens is 228 g/mol. The van der Waals surface area contributed by atoms with Gasteiger partial charge in [-0.1, -0.05) is 64.3 Å². The van der Waals surface area contributed by atoms with E-state index in [0.717, 1.165) is 10.9 Å². The Morgan fingerprint density at radius 1 is 0.941 bits per heavy atom. The Labute approximate surface area is 111 Å². The summed E-state index contributed by atoms with van der Waals surface area (Å²) in [7, 11) is 0. The first-order valence-corrected chi connectivity index (χ1v) is 7.28. The van der Waals surface area contributed by atoms with Gasteiger partial charge in [-0.05, 0) is 41.9 Å². The summed E-state index contributed by atoms with van der Waals surface area (Å²) in [4.78, 5) is 0. The van der Waals surface area contributed by atoms with Crippen molar-refractivity contribution >= 4 is 11.6 Å². The van der Waals surface area contributed by atoms with Gasteiger partial charge in [0.25, 0.3) is 0 Å². The van der Waals surface area contributed by atoms with E-state index in [-0.39, 0.29) is 0 Å². The SMILES string of the molecule is CCC(CC)C(CC)(CC)c1ccc(Cl)cc1. The van der Waals surface area contributed by atoms with E-state index in [1.165, 1.54) is 31.2 Å². The maximum Gasteiger partial charge on any atom is 0.0406 e. The van der Waals surface area contributed by atoms with Crippen molar-refractivity contribution < 1.29 is 0 Å². The third-order valence-electron chi connectivity index (χ3n) is 4.45. The Hall–Kier alpha value is -0.490. The summed E-state index contributed by atoms with van der Waals surface area (Å²) in [5.41, 5.74) is 1.79. The minimum Gasteiger partial charge on any atom is -0.0843 e. The van der Waals surface area contributed by atoms with Gasteiger partial charge in [0.05, 0.1) is 0 Å². The topological polar surface area (TPSA) is 0 Å². The lowest BCUT2D eigenvalue weighted by atomic mass is 9.65. The van der Waals surface area contributed by atoms with Crippen LogP contribution in [-0.4, -0.2) is 0 Å². The van der Waals surface area contributed by atoms with E-state index < -0.39 is 0 Å². The fourth-order valence-electron chi connectivity index (χ4n) is 3.32. The first kappa shape index (κ1) is 14.6. The van der Waals surface area contributed by atoms with Gasteiger partial charge in [0.1, 0.15) is 0 Å². The standard InChI is InChI=1S/C16H25Cl/c1-5-13(6-2)16(7-3,8-4)14-9-11-15(17)12-10-14/h9-13H,5-8H2,1-4H3. The molecule has 0 amide bonds. The highest BCUT2D eigenvalue weighted by Crippen LogP contribution is 2.42. The largest absolute Gasteiger partial charge is 0.0843 e. The van der Waals surface area contributed by atoms with Crippen LogP contribution in [0.25, 0.3) is 0 Å². The Kier molecular flexibility index (Phi) is 5.52. The first-order chi connectivity index (χ1) is 8.14. The molecule has 0 aromatic heterocycles.